The topological polar surface area (TPSA) is 191 Å². The lowest BCUT2D eigenvalue weighted by molar-refractivity contribution is -0.152. The molecule has 0 saturated heterocycles. The van der Waals surface area contributed by atoms with E-state index in [1.165, 1.54) is 18.2 Å². The molecule has 0 spiro atoms. The van der Waals surface area contributed by atoms with E-state index < -0.39 is 35.7 Å². The van der Waals surface area contributed by atoms with Crippen LogP contribution in [0, 0.1) is 29.1 Å². The van der Waals surface area contributed by atoms with Crippen LogP contribution in [-0.4, -0.2) is 68.5 Å². The average Bonchev–Trinajstić information content (AvgIpc) is 3.26. The summed E-state index contributed by atoms with van der Waals surface area (Å²) in [6.45, 7) is 8.06. The second kappa shape index (κ2) is 24.9. The van der Waals surface area contributed by atoms with Gasteiger partial charge in [-0.25, -0.2) is 9.59 Å². The van der Waals surface area contributed by atoms with E-state index in [4.69, 9.17) is 38.6 Å². The molecule has 2 aromatic carbocycles. The third kappa shape index (κ3) is 15.8. The van der Waals surface area contributed by atoms with E-state index in [1.54, 1.807) is 24.3 Å². The van der Waals surface area contributed by atoms with E-state index in [-0.39, 0.29) is 54.1 Å². The van der Waals surface area contributed by atoms with Crippen molar-refractivity contribution in [2.75, 3.05) is 26.4 Å². The maximum Gasteiger partial charge on any atom is 0.330 e. The van der Waals surface area contributed by atoms with Crippen LogP contribution in [0.25, 0.3) is 0 Å². The van der Waals surface area contributed by atoms with Crippen LogP contribution in [0.15, 0.2) is 67.8 Å². The smallest absolute Gasteiger partial charge is 0.330 e. The average molecular weight is 818 g/mol. The van der Waals surface area contributed by atoms with Crippen molar-refractivity contribution in [1.82, 2.24) is 0 Å². The van der Waals surface area contributed by atoms with Crippen LogP contribution in [-0.2, 0) is 43.0 Å². The summed E-state index contributed by atoms with van der Waals surface area (Å²) in [5.41, 5.74) is 0.267. The fraction of sp³-hybridized carbons (Fsp3) is 0.489. The molecule has 2 aliphatic rings. The summed E-state index contributed by atoms with van der Waals surface area (Å²) >= 11 is 0. The van der Waals surface area contributed by atoms with E-state index >= 15 is 0 Å². The van der Waals surface area contributed by atoms with Gasteiger partial charge in [-0.05, 0) is 132 Å². The van der Waals surface area contributed by atoms with Crippen molar-refractivity contribution in [3.8, 4) is 23.0 Å². The summed E-state index contributed by atoms with van der Waals surface area (Å²) < 4.78 is 37.9. The minimum absolute atomic E-state index is 0.167. The molecule has 2 saturated carbocycles. The maximum atomic E-state index is 13.1. The summed E-state index contributed by atoms with van der Waals surface area (Å²) in [4.78, 5) is 73.6. The molecule has 59 heavy (non-hydrogen) atoms. The minimum atomic E-state index is -0.492. The molecule has 14 heteroatoms. The molecule has 4 rings (SSSR count). The lowest BCUT2D eigenvalue weighted by Crippen LogP contribution is -2.30. The minimum Gasteiger partial charge on any atom is -0.494 e. The van der Waals surface area contributed by atoms with Gasteiger partial charge in [0.25, 0.3) is 0 Å². The predicted octanol–water partition coefficient (Wildman–Crippen LogP) is 7.43. The fourth-order valence-electron chi connectivity index (χ4n) is 6.83. The molecule has 14 nitrogen and oxygen atoms in total. The molecule has 318 valence electrons. The highest BCUT2D eigenvalue weighted by Gasteiger charge is 2.34. The van der Waals surface area contributed by atoms with Crippen molar-refractivity contribution in [2.24, 2.45) is 23.7 Å². The Balaban J connectivity index is 1.11. The number of hydrogen-bond acceptors (Lipinski definition) is 14. The number of nitrogens with one attached hydrogen (secondary N) is 1. The van der Waals surface area contributed by atoms with Crippen LogP contribution in [0.2, 0.25) is 0 Å². The van der Waals surface area contributed by atoms with Gasteiger partial charge >= 0.3 is 35.8 Å². The third-order valence-corrected chi connectivity index (χ3v) is 10.3. The highest BCUT2D eigenvalue weighted by Crippen LogP contribution is 2.34. The summed E-state index contributed by atoms with van der Waals surface area (Å²) in [7, 11) is 0. The summed E-state index contributed by atoms with van der Waals surface area (Å²) in [5, 5.41) is 7.87. The van der Waals surface area contributed by atoms with Crippen molar-refractivity contribution < 1.29 is 61.9 Å². The van der Waals surface area contributed by atoms with Crippen molar-refractivity contribution in [3.05, 3.63) is 73.3 Å². The quantitative estimate of drug-likeness (QED) is 0.0291. The fourth-order valence-corrected chi connectivity index (χ4v) is 6.83. The highest BCUT2D eigenvalue weighted by molar-refractivity contribution is 5.86. The molecule has 0 atom stereocenters. The van der Waals surface area contributed by atoms with E-state index in [0.717, 1.165) is 44.0 Å². The summed E-state index contributed by atoms with van der Waals surface area (Å²) in [5.74, 6) is -2.48. The van der Waals surface area contributed by atoms with Gasteiger partial charge in [0.15, 0.2) is 0 Å². The van der Waals surface area contributed by atoms with Crippen LogP contribution in [0.3, 0.4) is 0 Å². The van der Waals surface area contributed by atoms with Gasteiger partial charge in [-0.15, -0.1) is 0 Å². The molecule has 0 bridgehead atoms. The number of hydrogen-bond donors (Lipinski definition) is 1. The van der Waals surface area contributed by atoms with Gasteiger partial charge in [-0.1, -0.05) is 13.2 Å². The first-order chi connectivity index (χ1) is 28.6. The zero-order valence-corrected chi connectivity index (χ0v) is 33.5. The van der Waals surface area contributed by atoms with Gasteiger partial charge in [0.05, 0.1) is 50.1 Å². The molecule has 2 aliphatic carbocycles. The normalized spacial score (nSPS) is 18.6. The van der Waals surface area contributed by atoms with E-state index in [0.29, 0.717) is 88.9 Å². The van der Waals surface area contributed by atoms with Crippen molar-refractivity contribution in [3.63, 3.8) is 0 Å². The second-order valence-corrected chi connectivity index (χ2v) is 14.6. The molecular weight excluding hydrogens is 762 g/mol. The number of esters is 6. The molecule has 0 aromatic heterocycles. The Morgan fingerprint density at radius 3 is 1.42 bits per heavy atom. The van der Waals surface area contributed by atoms with Crippen molar-refractivity contribution in [1.29, 1.82) is 5.41 Å². The van der Waals surface area contributed by atoms with Gasteiger partial charge in [0.2, 0.25) is 0 Å². The molecule has 0 aliphatic heterocycles. The van der Waals surface area contributed by atoms with Crippen molar-refractivity contribution in [2.45, 2.75) is 89.9 Å². The number of carbonyl (C=O) groups is 6. The first-order valence-corrected chi connectivity index (χ1v) is 20.4. The Kier molecular flexibility index (Phi) is 19.3. The number of rotatable bonds is 23. The number of ether oxygens (including phenoxy) is 7. The Morgan fingerprint density at radius 1 is 0.508 bits per heavy atom. The molecule has 1 N–H and O–H groups in total. The monoisotopic (exact) mass is 817 g/mol. The zero-order chi connectivity index (χ0) is 42.4. The summed E-state index contributed by atoms with van der Waals surface area (Å²) in [6.07, 6.45) is 11.6. The van der Waals surface area contributed by atoms with E-state index in [9.17, 15) is 28.8 Å². The van der Waals surface area contributed by atoms with Gasteiger partial charge in [-0.3, -0.25) is 19.2 Å². The van der Waals surface area contributed by atoms with Gasteiger partial charge < -0.3 is 38.6 Å². The first kappa shape index (κ1) is 45.9. The molecule has 0 heterocycles. The molecular formula is C45H55NO13. The van der Waals surface area contributed by atoms with Crippen LogP contribution in [0.4, 0.5) is 0 Å². The molecule has 2 fully saturated rings. The Morgan fingerprint density at radius 2 is 0.915 bits per heavy atom. The predicted molar refractivity (Wildman–Crippen MR) is 215 cm³/mol. The first-order valence-electron chi connectivity index (χ1n) is 20.4. The highest BCUT2D eigenvalue weighted by atomic mass is 16.6. The van der Waals surface area contributed by atoms with E-state index in [1.807, 2.05) is 0 Å². The van der Waals surface area contributed by atoms with Crippen LogP contribution in [0.1, 0.15) is 95.5 Å². The number of benzene rings is 2. The molecule has 0 radical (unpaired) electrons. The third-order valence-electron chi connectivity index (χ3n) is 10.3. The van der Waals surface area contributed by atoms with Gasteiger partial charge in [0, 0.05) is 23.9 Å². The Bertz CT molecular complexity index is 1760. The largest absolute Gasteiger partial charge is 0.494 e. The Hall–Kier alpha value is -5.79. The van der Waals surface area contributed by atoms with Crippen LogP contribution < -0.4 is 18.9 Å². The van der Waals surface area contributed by atoms with Crippen LogP contribution >= 0.6 is 0 Å². The molecule has 0 amide bonds. The lowest BCUT2D eigenvalue weighted by atomic mass is 9.82. The van der Waals surface area contributed by atoms with E-state index in [2.05, 4.69) is 13.2 Å². The maximum absolute atomic E-state index is 13.1. The van der Waals surface area contributed by atoms with Crippen LogP contribution in [0.5, 0.6) is 23.0 Å². The summed E-state index contributed by atoms with van der Waals surface area (Å²) in [6, 6.07) is 11.3. The molecule has 0 unspecified atom stereocenters. The second-order valence-electron chi connectivity index (χ2n) is 14.6. The SMILES string of the molecule is C=CC(=O)OCCCCCCOc1ccc(OC(=O)C2CCC(C(=O)Oc3ccc(OC(=O)C4CCC(C(=O)OCCCCOC(=O)C=C)CC4)c(C=N)c3)CC2)cc1. The standard InChI is InChI=1S/C45H55NO13/c1-3-40(47)54-26-8-6-5-7-25-53-36-19-21-37(22-20-36)57-43(50)32-15-17-33(18-16-32)44(51)58-38-23-24-39(35(29-38)30-46)59-45(52)34-13-11-31(12-14-34)42(49)56-28-10-9-27-55-41(48)4-2/h3-4,19-24,29-34,46H,1-2,5-18,25-28H2. The number of carbonyl (C=O) groups excluding carboxylic acids is 6. The lowest BCUT2D eigenvalue weighted by Gasteiger charge is -2.26. The van der Waals surface area contributed by atoms with Gasteiger partial charge in [-0.2, -0.15) is 0 Å². The Labute approximate surface area is 345 Å². The van der Waals surface area contributed by atoms with Crippen molar-refractivity contribution >= 4 is 42.0 Å². The zero-order valence-electron chi connectivity index (χ0n) is 33.5. The number of unbranched alkanes of at least 4 members (excludes halogenated alkanes) is 4. The van der Waals surface area contributed by atoms with Gasteiger partial charge in [0.1, 0.15) is 23.0 Å². The molecule has 2 aromatic rings.